The van der Waals surface area contributed by atoms with Gasteiger partial charge < -0.3 is 0 Å². The van der Waals surface area contributed by atoms with Crippen molar-refractivity contribution in [1.29, 1.82) is 0 Å². The molecule has 0 aliphatic heterocycles. The Kier molecular flexibility index (Phi) is 3.15. The Bertz CT molecular complexity index is 471. The van der Waals surface area contributed by atoms with Gasteiger partial charge in [0, 0.05) is 5.56 Å². The number of carbonyl (C=O) groups excluding carboxylic acids is 1. The smallest absolute Gasteiger partial charge is 0.153 e. The van der Waals surface area contributed by atoms with Crippen molar-refractivity contribution in [2.75, 3.05) is 0 Å². The van der Waals surface area contributed by atoms with Crippen LogP contribution in [0.2, 0.25) is 0 Å². The predicted octanol–water partition coefficient (Wildman–Crippen LogP) is 2.84. The van der Waals surface area contributed by atoms with Gasteiger partial charge >= 0.3 is 0 Å². The number of hydrogen-bond acceptors (Lipinski definition) is 2. The minimum absolute atomic E-state index is 0.600. The first-order chi connectivity index (χ1) is 7.85. The largest absolute Gasteiger partial charge is 0.298 e. The second-order valence-corrected chi connectivity index (χ2v) is 3.77. The summed E-state index contributed by atoms with van der Waals surface area (Å²) in [6, 6.07) is 8.22. The van der Waals surface area contributed by atoms with Gasteiger partial charge in [0.1, 0.15) is 0 Å². The number of aryl methyl sites for hydroxylation is 1. The van der Waals surface area contributed by atoms with Gasteiger partial charge in [-0.05, 0) is 12.0 Å². The number of aromatic amines is 1. The average molecular weight is 214 g/mol. The molecule has 0 saturated carbocycles. The van der Waals surface area contributed by atoms with E-state index in [9.17, 15) is 4.79 Å². The first-order valence-electron chi connectivity index (χ1n) is 5.43. The highest BCUT2D eigenvalue weighted by Gasteiger charge is 2.06. The van der Waals surface area contributed by atoms with Crippen LogP contribution in [0.3, 0.4) is 0 Å². The Morgan fingerprint density at radius 1 is 1.31 bits per heavy atom. The minimum Gasteiger partial charge on any atom is -0.298 e. The van der Waals surface area contributed by atoms with E-state index in [1.807, 2.05) is 12.1 Å². The molecule has 0 spiro atoms. The zero-order chi connectivity index (χ0) is 11.4. The summed E-state index contributed by atoms with van der Waals surface area (Å²) in [5, 5.41) is 6.72. The highest BCUT2D eigenvalue weighted by Crippen LogP contribution is 2.20. The fourth-order valence-electron chi connectivity index (χ4n) is 1.74. The summed E-state index contributed by atoms with van der Waals surface area (Å²) in [6.45, 7) is 2.16. The molecule has 1 heterocycles. The van der Waals surface area contributed by atoms with E-state index in [2.05, 4.69) is 29.3 Å². The normalized spacial score (nSPS) is 10.3. The van der Waals surface area contributed by atoms with E-state index in [1.165, 1.54) is 5.56 Å². The van der Waals surface area contributed by atoms with Gasteiger partial charge in [0.25, 0.3) is 0 Å². The third kappa shape index (κ3) is 2.03. The van der Waals surface area contributed by atoms with Gasteiger partial charge in [0.15, 0.2) is 6.29 Å². The molecule has 0 bridgehead atoms. The van der Waals surface area contributed by atoms with Crippen LogP contribution in [0, 0.1) is 0 Å². The molecule has 2 aromatic rings. The molecule has 0 aliphatic rings. The Morgan fingerprint density at radius 3 is 2.69 bits per heavy atom. The van der Waals surface area contributed by atoms with Gasteiger partial charge in [-0.1, -0.05) is 37.6 Å². The van der Waals surface area contributed by atoms with E-state index < -0.39 is 0 Å². The summed E-state index contributed by atoms with van der Waals surface area (Å²) in [5.41, 5.74) is 3.71. The molecule has 2 rings (SSSR count). The van der Waals surface area contributed by atoms with Crippen molar-refractivity contribution in [2.24, 2.45) is 0 Å². The summed E-state index contributed by atoms with van der Waals surface area (Å²) in [6.07, 6.45) is 4.59. The Balaban J connectivity index is 2.31. The van der Waals surface area contributed by atoms with Crippen LogP contribution in [0.25, 0.3) is 11.3 Å². The topological polar surface area (TPSA) is 45.8 Å². The SMILES string of the molecule is CCCc1ccc(-c2[nH]ncc2C=O)cc1. The molecular weight excluding hydrogens is 200 g/mol. The third-order valence-electron chi connectivity index (χ3n) is 2.58. The van der Waals surface area contributed by atoms with Crippen molar-refractivity contribution >= 4 is 6.29 Å². The van der Waals surface area contributed by atoms with Crippen LogP contribution < -0.4 is 0 Å². The van der Waals surface area contributed by atoms with Crippen LogP contribution in [0.5, 0.6) is 0 Å². The molecule has 16 heavy (non-hydrogen) atoms. The van der Waals surface area contributed by atoms with Crippen LogP contribution >= 0.6 is 0 Å². The zero-order valence-electron chi connectivity index (χ0n) is 9.23. The molecule has 3 nitrogen and oxygen atoms in total. The van der Waals surface area contributed by atoms with Crippen LogP contribution in [-0.2, 0) is 6.42 Å². The summed E-state index contributed by atoms with van der Waals surface area (Å²) in [4.78, 5) is 10.8. The number of nitrogens with zero attached hydrogens (tertiary/aromatic N) is 1. The van der Waals surface area contributed by atoms with Crippen molar-refractivity contribution in [3.63, 3.8) is 0 Å². The van der Waals surface area contributed by atoms with Crippen molar-refractivity contribution in [3.8, 4) is 11.3 Å². The van der Waals surface area contributed by atoms with Gasteiger partial charge in [0.05, 0.1) is 17.5 Å². The maximum Gasteiger partial charge on any atom is 0.153 e. The molecule has 0 amide bonds. The van der Waals surface area contributed by atoms with E-state index in [1.54, 1.807) is 6.20 Å². The van der Waals surface area contributed by atoms with Gasteiger partial charge in [-0.2, -0.15) is 5.10 Å². The summed E-state index contributed by atoms with van der Waals surface area (Å²) < 4.78 is 0. The van der Waals surface area contributed by atoms with Crippen molar-refractivity contribution in [1.82, 2.24) is 10.2 Å². The first-order valence-corrected chi connectivity index (χ1v) is 5.43. The van der Waals surface area contributed by atoms with Crippen LogP contribution in [0.4, 0.5) is 0 Å². The van der Waals surface area contributed by atoms with Gasteiger partial charge in [-0.3, -0.25) is 9.89 Å². The number of nitrogens with one attached hydrogen (secondary N) is 1. The van der Waals surface area contributed by atoms with Gasteiger partial charge in [0.2, 0.25) is 0 Å². The maximum atomic E-state index is 10.8. The van der Waals surface area contributed by atoms with E-state index in [-0.39, 0.29) is 0 Å². The summed E-state index contributed by atoms with van der Waals surface area (Å²) in [5.74, 6) is 0. The molecule has 0 aliphatic carbocycles. The van der Waals surface area contributed by atoms with Crippen molar-refractivity contribution in [2.45, 2.75) is 19.8 Å². The molecule has 82 valence electrons. The van der Waals surface area contributed by atoms with E-state index in [0.29, 0.717) is 5.56 Å². The minimum atomic E-state index is 0.600. The van der Waals surface area contributed by atoms with Crippen molar-refractivity contribution in [3.05, 3.63) is 41.6 Å². The lowest BCUT2D eigenvalue weighted by Crippen LogP contribution is -1.86. The van der Waals surface area contributed by atoms with Crippen molar-refractivity contribution < 1.29 is 4.79 Å². The fraction of sp³-hybridized carbons (Fsp3) is 0.231. The number of rotatable bonds is 4. The van der Waals surface area contributed by atoms with Gasteiger partial charge in [-0.25, -0.2) is 0 Å². The molecule has 1 N–H and O–H groups in total. The highest BCUT2D eigenvalue weighted by atomic mass is 16.1. The predicted molar refractivity (Wildman–Crippen MR) is 63.4 cm³/mol. The number of benzene rings is 1. The van der Waals surface area contributed by atoms with E-state index in [4.69, 9.17) is 0 Å². The molecule has 0 saturated heterocycles. The zero-order valence-corrected chi connectivity index (χ0v) is 9.23. The number of H-pyrrole nitrogens is 1. The Morgan fingerprint density at radius 2 is 2.06 bits per heavy atom. The fourth-order valence-corrected chi connectivity index (χ4v) is 1.74. The van der Waals surface area contributed by atoms with Crippen LogP contribution in [0.15, 0.2) is 30.5 Å². The lowest BCUT2D eigenvalue weighted by atomic mass is 10.0. The van der Waals surface area contributed by atoms with Crippen LogP contribution in [0.1, 0.15) is 29.3 Å². The average Bonchev–Trinajstić information content (AvgIpc) is 2.78. The third-order valence-corrected chi connectivity index (χ3v) is 2.58. The second kappa shape index (κ2) is 4.75. The standard InChI is InChI=1S/C13H14N2O/c1-2-3-10-4-6-11(7-5-10)13-12(9-16)8-14-15-13/h4-9H,2-3H2,1H3,(H,14,15). The molecular formula is C13H14N2O. The van der Waals surface area contributed by atoms with E-state index in [0.717, 1.165) is 30.4 Å². The van der Waals surface area contributed by atoms with Crippen LogP contribution in [-0.4, -0.2) is 16.5 Å². The highest BCUT2D eigenvalue weighted by molar-refractivity contribution is 5.85. The molecule has 0 radical (unpaired) electrons. The lowest BCUT2D eigenvalue weighted by molar-refractivity contribution is 0.112. The maximum absolute atomic E-state index is 10.8. The number of carbonyl (C=O) groups is 1. The van der Waals surface area contributed by atoms with Gasteiger partial charge in [-0.15, -0.1) is 0 Å². The first kappa shape index (κ1) is 10.6. The number of hydrogen-bond donors (Lipinski definition) is 1. The molecule has 0 unspecified atom stereocenters. The number of aldehydes is 1. The Labute approximate surface area is 94.5 Å². The Hall–Kier alpha value is -1.90. The monoisotopic (exact) mass is 214 g/mol. The summed E-state index contributed by atoms with van der Waals surface area (Å²) in [7, 11) is 0. The lowest BCUT2D eigenvalue weighted by Gasteiger charge is -2.01. The molecule has 1 aromatic heterocycles. The molecule has 1 aromatic carbocycles. The molecule has 3 heteroatoms. The summed E-state index contributed by atoms with van der Waals surface area (Å²) >= 11 is 0. The quantitative estimate of drug-likeness (QED) is 0.795. The van der Waals surface area contributed by atoms with E-state index >= 15 is 0 Å². The second-order valence-electron chi connectivity index (χ2n) is 3.77. The molecule has 0 fully saturated rings. The number of aromatic nitrogens is 2. The molecule has 0 atom stereocenters.